The van der Waals surface area contributed by atoms with Gasteiger partial charge in [-0.25, -0.2) is 4.98 Å². The van der Waals surface area contributed by atoms with Gasteiger partial charge in [0.15, 0.2) is 12.2 Å². The molecule has 19 heavy (non-hydrogen) atoms. The van der Waals surface area contributed by atoms with Crippen LogP contribution in [0, 0.1) is 0 Å². The summed E-state index contributed by atoms with van der Waals surface area (Å²) in [6.45, 7) is 0. The van der Waals surface area contributed by atoms with Crippen LogP contribution in [0.3, 0.4) is 0 Å². The van der Waals surface area contributed by atoms with Gasteiger partial charge in [-0.2, -0.15) is 0 Å². The second-order valence-electron chi connectivity index (χ2n) is 4.14. The van der Waals surface area contributed by atoms with Gasteiger partial charge in [0.05, 0.1) is 13.3 Å². The lowest BCUT2D eigenvalue weighted by atomic mass is 9.98. The summed E-state index contributed by atoms with van der Waals surface area (Å²) in [5.41, 5.74) is 3.26. The third-order valence-electron chi connectivity index (χ3n) is 3.03. The van der Waals surface area contributed by atoms with Crippen molar-refractivity contribution in [3.05, 3.63) is 61.1 Å². The second kappa shape index (κ2) is 4.98. The summed E-state index contributed by atoms with van der Waals surface area (Å²) >= 11 is 0. The van der Waals surface area contributed by atoms with E-state index in [1.807, 2.05) is 42.5 Å². The predicted molar refractivity (Wildman–Crippen MR) is 73.9 cm³/mol. The molecule has 3 nitrogen and oxygen atoms in total. The van der Waals surface area contributed by atoms with Crippen LogP contribution in [-0.4, -0.2) is 12.1 Å². The lowest BCUT2D eigenvalue weighted by molar-refractivity contribution is 0.415. The molecule has 0 amide bonds. The van der Waals surface area contributed by atoms with Crippen molar-refractivity contribution < 1.29 is 9.15 Å². The van der Waals surface area contributed by atoms with Crippen LogP contribution in [0.15, 0.2) is 65.5 Å². The monoisotopic (exact) mass is 251 g/mol. The van der Waals surface area contributed by atoms with Crippen molar-refractivity contribution in [2.75, 3.05) is 7.11 Å². The predicted octanol–water partition coefficient (Wildman–Crippen LogP) is 4.02. The average Bonchev–Trinajstić information content (AvgIpc) is 3.01. The van der Waals surface area contributed by atoms with Crippen LogP contribution in [0.2, 0.25) is 0 Å². The fraction of sp³-hybridized carbons (Fsp3) is 0.0625. The van der Waals surface area contributed by atoms with Crippen LogP contribution in [-0.2, 0) is 0 Å². The topological polar surface area (TPSA) is 35.3 Å². The minimum atomic E-state index is 0.770. The zero-order valence-corrected chi connectivity index (χ0v) is 10.5. The first-order valence-electron chi connectivity index (χ1n) is 6.01. The van der Waals surface area contributed by atoms with Gasteiger partial charge in [-0.05, 0) is 23.3 Å². The fourth-order valence-corrected chi connectivity index (χ4v) is 2.07. The molecule has 1 aromatic heterocycles. The molecule has 0 bridgehead atoms. The van der Waals surface area contributed by atoms with Gasteiger partial charge in [0.2, 0.25) is 0 Å². The molecular formula is C16H13NO2. The number of aromatic nitrogens is 1. The third-order valence-corrected chi connectivity index (χ3v) is 3.03. The summed E-state index contributed by atoms with van der Waals surface area (Å²) in [4.78, 5) is 3.97. The Kier molecular flexibility index (Phi) is 3.02. The molecule has 1 heterocycles. The molecule has 94 valence electrons. The van der Waals surface area contributed by atoms with Crippen LogP contribution in [0.5, 0.6) is 5.75 Å². The Bertz CT molecular complexity index is 657. The smallest absolute Gasteiger partial charge is 0.181 e. The lowest BCUT2D eigenvalue weighted by Crippen LogP contribution is -1.85. The molecule has 0 N–H and O–H groups in total. The van der Waals surface area contributed by atoms with Gasteiger partial charge < -0.3 is 9.15 Å². The summed E-state index contributed by atoms with van der Waals surface area (Å²) in [5.74, 6) is 1.62. The fourth-order valence-electron chi connectivity index (χ4n) is 2.07. The van der Waals surface area contributed by atoms with E-state index in [9.17, 15) is 0 Å². The first kappa shape index (κ1) is 11.5. The van der Waals surface area contributed by atoms with Crippen molar-refractivity contribution in [1.82, 2.24) is 4.98 Å². The van der Waals surface area contributed by atoms with Gasteiger partial charge in [-0.1, -0.05) is 36.4 Å². The maximum absolute atomic E-state index is 5.39. The van der Waals surface area contributed by atoms with Crippen LogP contribution in [0.25, 0.3) is 22.5 Å². The van der Waals surface area contributed by atoms with Crippen LogP contribution in [0.1, 0.15) is 0 Å². The molecule has 0 aliphatic carbocycles. The molecule has 0 atom stereocenters. The summed E-state index contributed by atoms with van der Waals surface area (Å²) in [6, 6.07) is 16.1. The summed E-state index contributed by atoms with van der Waals surface area (Å²) in [5, 5.41) is 0. The lowest BCUT2D eigenvalue weighted by Gasteiger charge is -2.08. The van der Waals surface area contributed by atoms with E-state index >= 15 is 0 Å². The molecule has 0 saturated carbocycles. The maximum Gasteiger partial charge on any atom is 0.181 e. The molecule has 2 aromatic carbocycles. The molecule has 3 heteroatoms. The third kappa shape index (κ3) is 2.22. The highest BCUT2D eigenvalue weighted by atomic mass is 16.5. The van der Waals surface area contributed by atoms with Crippen molar-refractivity contribution in [3.8, 4) is 28.2 Å². The number of hydrogen-bond donors (Lipinski definition) is 0. The van der Waals surface area contributed by atoms with Gasteiger partial charge in [-0.15, -0.1) is 0 Å². The van der Waals surface area contributed by atoms with Gasteiger partial charge in [0, 0.05) is 5.56 Å². The van der Waals surface area contributed by atoms with Gasteiger partial charge in [-0.3, -0.25) is 0 Å². The van der Waals surface area contributed by atoms with E-state index in [0.717, 1.165) is 28.2 Å². The highest BCUT2D eigenvalue weighted by Crippen LogP contribution is 2.32. The molecule has 0 saturated heterocycles. The van der Waals surface area contributed by atoms with Crippen molar-refractivity contribution in [3.63, 3.8) is 0 Å². The molecular weight excluding hydrogens is 238 g/mol. The van der Waals surface area contributed by atoms with Crippen LogP contribution in [0.4, 0.5) is 0 Å². The molecule has 0 radical (unpaired) electrons. The number of oxazole rings is 1. The SMILES string of the molecule is COc1ccc(-c2ccccc2-c2cnco2)cc1. The van der Waals surface area contributed by atoms with Gasteiger partial charge >= 0.3 is 0 Å². The molecule has 0 aliphatic heterocycles. The average molecular weight is 251 g/mol. The van der Waals surface area contributed by atoms with E-state index in [-0.39, 0.29) is 0 Å². The molecule has 0 fully saturated rings. The summed E-state index contributed by atoms with van der Waals surface area (Å²) in [7, 11) is 1.66. The van der Waals surface area contributed by atoms with E-state index in [1.54, 1.807) is 13.3 Å². The second-order valence-corrected chi connectivity index (χ2v) is 4.14. The molecule has 0 spiro atoms. The Hall–Kier alpha value is -2.55. The molecule has 0 unspecified atom stereocenters. The Balaban J connectivity index is 2.09. The molecule has 0 aliphatic rings. The zero-order valence-electron chi connectivity index (χ0n) is 10.5. The maximum atomic E-state index is 5.39. The number of nitrogens with zero attached hydrogens (tertiary/aromatic N) is 1. The van der Waals surface area contributed by atoms with Crippen molar-refractivity contribution >= 4 is 0 Å². The number of methoxy groups -OCH3 is 1. The standard InChI is InChI=1S/C16H13NO2/c1-18-13-8-6-12(7-9-13)14-4-2-3-5-15(14)16-10-17-11-19-16/h2-11H,1H3. The summed E-state index contributed by atoms with van der Waals surface area (Å²) in [6.07, 6.45) is 3.17. The first-order chi connectivity index (χ1) is 9.38. The minimum Gasteiger partial charge on any atom is -0.497 e. The van der Waals surface area contributed by atoms with Crippen molar-refractivity contribution in [2.45, 2.75) is 0 Å². The van der Waals surface area contributed by atoms with E-state index in [1.165, 1.54) is 6.39 Å². The molecule has 3 aromatic rings. The Labute approximate surface area is 111 Å². The van der Waals surface area contributed by atoms with Crippen LogP contribution < -0.4 is 4.74 Å². The van der Waals surface area contributed by atoms with Crippen molar-refractivity contribution in [2.24, 2.45) is 0 Å². The quantitative estimate of drug-likeness (QED) is 0.705. The zero-order chi connectivity index (χ0) is 13.1. The Morgan fingerprint density at radius 2 is 1.68 bits per heavy atom. The highest BCUT2D eigenvalue weighted by molar-refractivity contribution is 5.81. The van der Waals surface area contributed by atoms with E-state index in [2.05, 4.69) is 11.1 Å². The number of ether oxygens (including phenoxy) is 1. The van der Waals surface area contributed by atoms with E-state index in [0.29, 0.717) is 0 Å². The first-order valence-corrected chi connectivity index (χ1v) is 6.01. The Morgan fingerprint density at radius 3 is 2.32 bits per heavy atom. The Morgan fingerprint density at radius 1 is 0.947 bits per heavy atom. The van der Waals surface area contributed by atoms with Crippen molar-refractivity contribution in [1.29, 1.82) is 0 Å². The molecule has 3 rings (SSSR count). The van der Waals surface area contributed by atoms with Crippen LogP contribution >= 0.6 is 0 Å². The van der Waals surface area contributed by atoms with E-state index < -0.39 is 0 Å². The largest absolute Gasteiger partial charge is 0.497 e. The van der Waals surface area contributed by atoms with E-state index in [4.69, 9.17) is 9.15 Å². The number of hydrogen-bond acceptors (Lipinski definition) is 3. The number of benzene rings is 2. The minimum absolute atomic E-state index is 0.770. The normalized spacial score (nSPS) is 10.4. The summed E-state index contributed by atoms with van der Waals surface area (Å²) < 4.78 is 10.6. The van der Waals surface area contributed by atoms with Gasteiger partial charge in [0.25, 0.3) is 0 Å². The highest BCUT2D eigenvalue weighted by Gasteiger charge is 2.09. The number of rotatable bonds is 3. The van der Waals surface area contributed by atoms with Gasteiger partial charge in [0.1, 0.15) is 5.75 Å².